The highest BCUT2D eigenvalue weighted by molar-refractivity contribution is 7.12. The van der Waals surface area contributed by atoms with Crippen molar-refractivity contribution in [3.63, 3.8) is 0 Å². The van der Waals surface area contributed by atoms with Crippen LogP contribution in [0.15, 0.2) is 5.51 Å². The Labute approximate surface area is 84.8 Å². The Morgan fingerprint density at radius 1 is 1.57 bits per heavy atom. The van der Waals surface area contributed by atoms with Crippen LogP contribution in [0.25, 0.3) is 0 Å². The molecular formula is C8H10N2O3S. The average Bonchev–Trinajstić information content (AvgIpc) is 2.52. The van der Waals surface area contributed by atoms with E-state index in [0.29, 0.717) is 0 Å². The molecular weight excluding hydrogens is 204 g/mol. The monoisotopic (exact) mass is 214 g/mol. The van der Waals surface area contributed by atoms with Gasteiger partial charge >= 0.3 is 5.97 Å². The third-order valence-electron chi connectivity index (χ3n) is 1.53. The number of hydrogen-bond donors (Lipinski definition) is 2. The molecule has 1 aromatic heterocycles. The molecule has 0 bridgehead atoms. The van der Waals surface area contributed by atoms with Gasteiger partial charge in [0.1, 0.15) is 0 Å². The summed E-state index contributed by atoms with van der Waals surface area (Å²) in [6, 6.07) is 0. The van der Waals surface area contributed by atoms with Gasteiger partial charge in [0, 0.05) is 5.92 Å². The van der Waals surface area contributed by atoms with Crippen LogP contribution in [-0.2, 0) is 4.79 Å². The van der Waals surface area contributed by atoms with E-state index >= 15 is 0 Å². The second kappa shape index (κ2) is 4.19. The van der Waals surface area contributed by atoms with E-state index in [1.54, 1.807) is 13.8 Å². The molecule has 76 valence electrons. The van der Waals surface area contributed by atoms with Gasteiger partial charge in [-0.2, -0.15) is 0 Å². The first-order valence-electron chi connectivity index (χ1n) is 4.00. The summed E-state index contributed by atoms with van der Waals surface area (Å²) < 4.78 is 0. The predicted molar refractivity (Wildman–Crippen MR) is 52.5 cm³/mol. The van der Waals surface area contributed by atoms with Crippen molar-refractivity contribution in [1.82, 2.24) is 4.98 Å². The molecule has 0 saturated heterocycles. The van der Waals surface area contributed by atoms with Crippen molar-refractivity contribution in [3.05, 3.63) is 10.4 Å². The van der Waals surface area contributed by atoms with E-state index < -0.39 is 5.97 Å². The second-order valence-corrected chi connectivity index (χ2v) is 3.83. The number of anilines is 1. The summed E-state index contributed by atoms with van der Waals surface area (Å²) in [5, 5.41) is 11.2. The Bertz CT molecular complexity index is 359. The van der Waals surface area contributed by atoms with E-state index in [1.807, 2.05) is 0 Å². The number of hydrogen-bond acceptors (Lipinski definition) is 4. The van der Waals surface area contributed by atoms with Crippen LogP contribution in [0.3, 0.4) is 0 Å². The van der Waals surface area contributed by atoms with E-state index in [4.69, 9.17) is 5.11 Å². The van der Waals surface area contributed by atoms with Crippen molar-refractivity contribution in [1.29, 1.82) is 0 Å². The van der Waals surface area contributed by atoms with Gasteiger partial charge < -0.3 is 10.4 Å². The van der Waals surface area contributed by atoms with Gasteiger partial charge in [-0.3, -0.25) is 4.79 Å². The smallest absolute Gasteiger partial charge is 0.349 e. The Hall–Kier alpha value is -1.43. The van der Waals surface area contributed by atoms with Crippen molar-refractivity contribution in [3.8, 4) is 0 Å². The number of nitrogens with zero attached hydrogens (tertiary/aromatic N) is 1. The first-order chi connectivity index (χ1) is 6.52. The van der Waals surface area contributed by atoms with Crippen LogP contribution >= 0.6 is 11.3 Å². The van der Waals surface area contributed by atoms with Gasteiger partial charge in [0.05, 0.1) is 5.51 Å². The van der Waals surface area contributed by atoms with Gasteiger partial charge in [-0.25, -0.2) is 9.78 Å². The van der Waals surface area contributed by atoms with Gasteiger partial charge in [-0.05, 0) is 0 Å². The SMILES string of the molecule is CC(C)C(=O)Nc1ncsc1C(=O)O. The molecule has 0 unspecified atom stereocenters. The lowest BCUT2D eigenvalue weighted by molar-refractivity contribution is -0.118. The van der Waals surface area contributed by atoms with Gasteiger partial charge in [-0.15, -0.1) is 11.3 Å². The molecule has 0 saturated carbocycles. The fourth-order valence-corrected chi connectivity index (χ4v) is 1.33. The zero-order chi connectivity index (χ0) is 10.7. The van der Waals surface area contributed by atoms with Crippen LogP contribution in [0, 0.1) is 5.92 Å². The van der Waals surface area contributed by atoms with Crippen LogP contribution < -0.4 is 5.32 Å². The van der Waals surface area contributed by atoms with Gasteiger partial charge in [0.2, 0.25) is 5.91 Å². The molecule has 14 heavy (non-hydrogen) atoms. The third kappa shape index (κ3) is 2.29. The molecule has 5 nitrogen and oxygen atoms in total. The number of carboxylic acids is 1. The van der Waals surface area contributed by atoms with Crippen molar-refractivity contribution < 1.29 is 14.7 Å². The standard InChI is InChI=1S/C8H10N2O3S/c1-4(2)7(11)10-6-5(8(12)13)14-3-9-6/h3-4H,1-2H3,(H,10,11)(H,12,13). The number of rotatable bonds is 3. The number of aromatic nitrogens is 1. The van der Waals surface area contributed by atoms with Gasteiger partial charge in [-0.1, -0.05) is 13.8 Å². The quantitative estimate of drug-likeness (QED) is 0.797. The third-order valence-corrected chi connectivity index (χ3v) is 2.34. The van der Waals surface area contributed by atoms with Crippen LogP contribution in [-0.4, -0.2) is 22.0 Å². The average molecular weight is 214 g/mol. The number of nitrogens with one attached hydrogen (secondary N) is 1. The maximum absolute atomic E-state index is 11.2. The summed E-state index contributed by atoms with van der Waals surface area (Å²) in [6.45, 7) is 3.45. The molecule has 1 amide bonds. The summed E-state index contributed by atoms with van der Waals surface area (Å²) in [4.78, 5) is 25.7. The Morgan fingerprint density at radius 2 is 2.21 bits per heavy atom. The molecule has 1 aromatic rings. The summed E-state index contributed by atoms with van der Waals surface area (Å²) in [5.41, 5.74) is 1.39. The first-order valence-corrected chi connectivity index (χ1v) is 4.88. The summed E-state index contributed by atoms with van der Waals surface area (Å²) >= 11 is 0.986. The lowest BCUT2D eigenvalue weighted by Crippen LogP contribution is -2.19. The van der Waals surface area contributed by atoms with Crippen molar-refractivity contribution >= 4 is 29.0 Å². The molecule has 1 rings (SSSR count). The summed E-state index contributed by atoms with van der Waals surface area (Å²) in [7, 11) is 0. The lowest BCUT2D eigenvalue weighted by atomic mass is 10.2. The Morgan fingerprint density at radius 3 is 2.71 bits per heavy atom. The highest BCUT2D eigenvalue weighted by atomic mass is 32.1. The van der Waals surface area contributed by atoms with Crippen molar-refractivity contribution in [2.45, 2.75) is 13.8 Å². The van der Waals surface area contributed by atoms with E-state index in [0.717, 1.165) is 11.3 Å². The van der Waals surface area contributed by atoms with E-state index in [-0.39, 0.29) is 22.5 Å². The fourth-order valence-electron chi connectivity index (χ4n) is 0.748. The number of carbonyl (C=O) groups is 2. The molecule has 0 spiro atoms. The summed E-state index contributed by atoms with van der Waals surface area (Å²) in [5.74, 6) is -1.38. The van der Waals surface area contributed by atoms with Gasteiger partial charge in [0.15, 0.2) is 10.7 Å². The minimum Gasteiger partial charge on any atom is -0.477 e. The van der Waals surface area contributed by atoms with Crippen molar-refractivity contribution in [2.24, 2.45) is 5.92 Å². The number of carbonyl (C=O) groups excluding carboxylic acids is 1. The van der Waals surface area contributed by atoms with Crippen LogP contribution in [0.5, 0.6) is 0 Å². The molecule has 0 atom stereocenters. The zero-order valence-electron chi connectivity index (χ0n) is 7.77. The van der Waals surface area contributed by atoms with Crippen LogP contribution in [0.2, 0.25) is 0 Å². The molecule has 0 aromatic carbocycles. The summed E-state index contributed by atoms with van der Waals surface area (Å²) in [6.07, 6.45) is 0. The van der Waals surface area contributed by atoms with Crippen LogP contribution in [0.1, 0.15) is 23.5 Å². The Kier molecular flexibility index (Phi) is 3.19. The van der Waals surface area contributed by atoms with Gasteiger partial charge in [0.25, 0.3) is 0 Å². The number of amides is 1. The highest BCUT2D eigenvalue weighted by Gasteiger charge is 2.16. The molecule has 0 fully saturated rings. The maximum atomic E-state index is 11.2. The number of carboxylic acid groups (broad SMARTS) is 1. The minimum absolute atomic E-state index is 0.0546. The topological polar surface area (TPSA) is 79.3 Å². The van der Waals surface area contributed by atoms with Crippen LogP contribution in [0.4, 0.5) is 5.82 Å². The maximum Gasteiger partial charge on any atom is 0.349 e. The molecule has 0 aliphatic rings. The normalized spacial score (nSPS) is 10.2. The molecule has 0 aliphatic heterocycles. The molecule has 0 radical (unpaired) electrons. The second-order valence-electron chi connectivity index (χ2n) is 2.98. The molecule has 0 aliphatic carbocycles. The first kappa shape index (κ1) is 10.6. The number of thiazole rings is 1. The predicted octanol–water partition coefficient (Wildman–Crippen LogP) is 1.44. The Balaban J connectivity index is 2.82. The zero-order valence-corrected chi connectivity index (χ0v) is 8.59. The minimum atomic E-state index is -1.08. The lowest BCUT2D eigenvalue weighted by Gasteiger charge is -2.04. The molecule has 1 heterocycles. The fraction of sp³-hybridized carbons (Fsp3) is 0.375. The van der Waals surface area contributed by atoms with E-state index in [1.165, 1.54) is 5.51 Å². The molecule has 6 heteroatoms. The van der Waals surface area contributed by atoms with E-state index in [2.05, 4.69) is 10.3 Å². The highest BCUT2D eigenvalue weighted by Crippen LogP contribution is 2.18. The number of aromatic carboxylic acids is 1. The van der Waals surface area contributed by atoms with Crippen molar-refractivity contribution in [2.75, 3.05) is 5.32 Å². The van der Waals surface area contributed by atoms with E-state index in [9.17, 15) is 9.59 Å². The molecule has 2 N–H and O–H groups in total. The largest absolute Gasteiger partial charge is 0.477 e.